The molecule has 0 N–H and O–H groups in total. The number of aromatic nitrogens is 4. The summed E-state index contributed by atoms with van der Waals surface area (Å²) in [6.07, 6.45) is 0. The van der Waals surface area contributed by atoms with Crippen molar-refractivity contribution >= 4 is 65.3 Å². The summed E-state index contributed by atoms with van der Waals surface area (Å²) in [5.41, 5.74) is 10.2. The van der Waals surface area contributed by atoms with Gasteiger partial charge in [-0.3, -0.25) is 0 Å². The van der Waals surface area contributed by atoms with Gasteiger partial charge in [-0.1, -0.05) is 146 Å². The number of benzene rings is 9. The van der Waals surface area contributed by atoms with Gasteiger partial charge in [0.25, 0.3) is 0 Å². The first-order chi connectivity index (χ1) is 28.7. The van der Waals surface area contributed by atoms with E-state index >= 15 is 0 Å². The highest BCUT2D eigenvalue weighted by atomic mass is 16.3. The zero-order chi connectivity index (χ0) is 38.2. The van der Waals surface area contributed by atoms with Crippen molar-refractivity contribution in [3.05, 3.63) is 194 Å². The van der Waals surface area contributed by atoms with Crippen molar-refractivity contribution in [2.45, 2.75) is 0 Å². The largest absolute Gasteiger partial charge is 0.456 e. The summed E-state index contributed by atoms with van der Waals surface area (Å²) in [4.78, 5) is 15.8. The van der Waals surface area contributed by atoms with Crippen molar-refractivity contribution in [3.8, 4) is 51.0 Å². The Hall–Kier alpha value is -7.89. The Labute approximate surface area is 333 Å². The van der Waals surface area contributed by atoms with Crippen LogP contribution in [0.25, 0.3) is 116 Å². The van der Waals surface area contributed by atoms with E-state index in [-0.39, 0.29) is 0 Å². The summed E-state index contributed by atoms with van der Waals surface area (Å²) in [6, 6.07) is 68.2. The first-order valence-corrected chi connectivity index (χ1v) is 19.5. The molecule has 9 aromatic carbocycles. The summed E-state index contributed by atoms with van der Waals surface area (Å²) < 4.78 is 8.70. The van der Waals surface area contributed by atoms with Crippen molar-refractivity contribution in [2.75, 3.05) is 0 Å². The third-order valence-corrected chi connectivity index (χ3v) is 11.4. The molecule has 0 aliphatic rings. The van der Waals surface area contributed by atoms with Gasteiger partial charge >= 0.3 is 0 Å². The zero-order valence-electron chi connectivity index (χ0n) is 31.2. The van der Waals surface area contributed by atoms with Gasteiger partial charge in [0.2, 0.25) is 0 Å². The molecule has 0 bridgehead atoms. The molecule has 12 rings (SSSR count). The number of nitrogens with zero attached hydrogens (tertiary/aromatic N) is 4. The second kappa shape index (κ2) is 12.8. The molecular weight excluding hydrogens is 709 g/mol. The summed E-state index contributed by atoms with van der Waals surface area (Å²) in [6.45, 7) is 0. The fraction of sp³-hybridized carbons (Fsp3) is 0. The van der Waals surface area contributed by atoms with Crippen LogP contribution in [-0.2, 0) is 0 Å². The van der Waals surface area contributed by atoms with Crippen molar-refractivity contribution in [1.29, 1.82) is 0 Å². The number of hydrogen-bond donors (Lipinski definition) is 0. The van der Waals surface area contributed by atoms with E-state index in [9.17, 15) is 0 Å². The monoisotopic (exact) mass is 740 g/mol. The van der Waals surface area contributed by atoms with Crippen molar-refractivity contribution in [2.24, 2.45) is 0 Å². The lowest BCUT2D eigenvalue weighted by Gasteiger charge is -2.13. The van der Waals surface area contributed by atoms with E-state index in [2.05, 4.69) is 168 Å². The topological polar surface area (TPSA) is 56.7 Å². The number of para-hydroxylation sites is 2. The van der Waals surface area contributed by atoms with Gasteiger partial charge in [0, 0.05) is 43.9 Å². The van der Waals surface area contributed by atoms with Gasteiger partial charge in [-0.2, -0.15) is 0 Å². The van der Waals surface area contributed by atoms with E-state index < -0.39 is 0 Å². The fourth-order valence-corrected chi connectivity index (χ4v) is 8.70. The second-order valence-corrected chi connectivity index (χ2v) is 14.8. The summed E-state index contributed by atoms with van der Waals surface area (Å²) in [5.74, 6) is 1.82. The molecule has 0 spiro atoms. The molecule has 3 heterocycles. The molecule has 0 amide bonds. The zero-order valence-corrected chi connectivity index (χ0v) is 31.2. The summed E-state index contributed by atoms with van der Waals surface area (Å²) in [7, 11) is 0. The van der Waals surface area contributed by atoms with Crippen LogP contribution in [0.2, 0.25) is 0 Å². The van der Waals surface area contributed by atoms with E-state index in [1.165, 1.54) is 27.3 Å². The molecular formula is C53H32N4O. The van der Waals surface area contributed by atoms with Gasteiger partial charge in [-0.15, -0.1) is 0 Å². The van der Waals surface area contributed by atoms with Gasteiger partial charge in [0.1, 0.15) is 11.2 Å². The highest BCUT2D eigenvalue weighted by Gasteiger charge is 2.20. The van der Waals surface area contributed by atoms with Crippen LogP contribution in [-0.4, -0.2) is 19.5 Å². The molecule has 12 aromatic rings. The Morgan fingerprint density at radius 1 is 0.345 bits per heavy atom. The molecule has 0 fully saturated rings. The first-order valence-electron chi connectivity index (χ1n) is 19.5. The lowest BCUT2D eigenvalue weighted by Crippen LogP contribution is -2.01. The molecule has 0 saturated carbocycles. The molecule has 3 aromatic heterocycles. The van der Waals surface area contributed by atoms with Crippen LogP contribution in [0.3, 0.4) is 0 Å². The van der Waals surface area contributed by atoms with E-state index in [4.69, 9.17) is 19.4 Å². The van der Waals surface area contributed by atoms with E-state index in [1.807, 2.05) is 30.3 Å². The molecule has 0 saturated heterocycles. The van der Waals surface area contributed by atoms with Crippen molar-refractivity contribution in [1.82, 2.24) is 19.5 Å². The molecule has 0 unspecified atom stereocenters. The van der Waals surface area contributed by atoms with Gasteiger partial charge in [-0.25, -0.2) is 15.0 Å². The maximum Gasteiger partial charge on any atom is 0.164 e. The van der Waals surface area contributed by atoms with Crippen LogP contribution in [0.5, 0.6) is 0 Å². The number of furan rings is 1. The number of hydrogen-bond acceptors (Lipinski definition) is 4. The second-order valence-electron chi connectivity index (χ2n) is 14.8. The van der Waals surface area contributed by atoms with Crippen LogP contribution in [0.4, 0.5) is 0 Å². The minimum atomic E-state index is 0.596. The molecule has 0 atom stereocenters. The molecule has 0 radical (unpaired) electrons. The van der Waals surface area contributed by atoms with Crippen LogP contribution < -0.4 is 0 Å². The van der Waals surface area contributed by atoms with Crippen LogP contribution in [0.15, 0.2) is 199 Å². The quantitative estimate of drug-likeness (QED) is 0.176. The normalized spacial score (nSPS) is 11.8. The number of fused-ring (bicyclic) bond motifs is 8. The molecule has 5 nitrogen and oxygen atoms in total. The maximum atomic E-state index is 6.32. The van der Waals surface area contributed by atoms with E-state index in [1.54, 1.807) is 0 Å². The predicted molar refractivity (Wildman–Crippen MR) is 238 cm³/mol. The highest BCUT2D eigenvalue weighted by Crippen LogP contribution is 2.40. The van der Waals surface area contributed by atoms with Crippen LogP contribution in [0, 0.1) is 0 Å². The van der Waals surface area contributed by atoms with Gasteiger partial charge in [0.05, 0.1) is 11.0 Å². The highest BCUT2D eigenvalue weighted by molar-refractivity contribution is 6.16. The fourth-order valence-electron chi connectivity index (χ4n) is 8.70. The van der Waals surface area contributed by atoms with Gasteiger partial charge in [0.15, 0.2) is 17.5 Å². The van der Waals surface area contributed by atoms with Crippen molar-refractivity contribution < 1.29 is 4.42 Å². The van der Waals surface area contributed by atoms with Gasteiger partial charge < -0.3 is 8.98 Å². The average Bonchev–Trinajstić information content (AvgIpc) is 3.83. The Kier molecular flexibility index (Phi) is 7.16. The Balaban J connectivity index is 1.10. The molecule has 270 valence electrons. The smallest absolute Gasteiger partial charge is 0.164 e. The maximum absolute atomic E-state index is 6.32. The minimum Gasteiger partial charge on any atom is -0.456 e. The molecule has 0 aliphatic carbocycles. The van der Waals surface area contributed by atoms with Crippen LogP contribution in [0.1, 0.15) is 0 Å². The van der Waals surface area contributed by atoms with Gasteiger partial charge in [-0.05, 0) is 81.2 Å². The van der Waals surface area contributed by atoms with E-state index in [0.717, 1.165) is 71.5 Å². The first kappa shape index (κ1) is 32.4. The Morgan fingerprint density at radius 2 is 1.02 bits per heavy atom. The van der Waals surface area contributed by atoms with Crippen molar-refractivity contribution in [3.63, 3.8) is 0 Å². The minimum absolute atomic E-state index is 0.596. The predicted octanol–water partition coefficient (Wildman–Crippen LogP) is 13.8. The van der Waals surface area contributed by atoms with Crippen LogP contribution >= 0.6 is 0 Å². The Morgan fingerprint density at radius 3 is 1.93 bits per heavy atom. The van der Waals surface area contributed by atoms with E-state index in [0.29, 0.717) is 17.5 Å². The Bertz CT molecular complexity index is 3580. The lowest BCUT2D eigenvalue weighted by atomic mass is 10.0. The average molecular weight is 741 g/mol. The lowest BCUT2D eigenvalue weighted by molar-refractivity contribution is 0.669. The molecule has 58 heavy (non-hydrogen) atoms. The standard InChI is InChI=1S/C53H32N4O/c1-2-13-33(14-3-1)36-17-10-19-39(30-36)57-46-24-8-6-20-40(46)45-32-44-37(31-47(45)57)18-11-22-41(44)52-54-51(38-28-27-34-15-4-5-16-35(34)29-38)55-53(56-52)43-23-12-26-49-50(43)42-21-7-9-25-48(42)58-49/h1-32H. The summed E-state index contributed by atoms with van der Waals surface area (Å²) in [5, 5.41) is 8.84. The third-order valence-electron chi connectivity index (χ3n) is 11.4. The molecule has 0 aliphatic heterocycles. The number of rotatable bonds is 5. The third kappa shape index (κ3) is 5.14. The molecule has 5 heteroatoms. The summed E-state index contributed by atoms with van der Waals surface area (Å²) >= 11 is 0. The SMILES string of the molecule is c1ccc(-c2cccc(-n3c4ccccc4c4cc5c(-c6nc(-c7ccc8ccccc8c7)nc(-c7cccc8oc9ccccc9c78)n6)cccc5cc43)c2)cc1.